The summed E-state index contributed by atoms with van der Waals surface area (Å²) in [4.78, 5) is 30.8. The highest BCUT2D eigenvalue weighted by molar-refractivity contribution is 7.10. The van der Waals surface area contributed by atoms with Gasteiger partial charge in [-0.2, -0.15) is 0 Å². The molecule has 1 aliphatic rings. The summed E-state index contributed by atoms with van der Waals surface area (Å²) in [5.41, 5.74) is 2.71. The number of anilines is 2. The van der Waals surface area contributed by atoms with Gasteiger partial charge in [0.15, 0.2) is 0 Å². The van der Waals surface area contributed by atoms with Crippen molar-refractivity contribution in [1.29, 1.82) is 0 Å². The van der Waals surface area contributed by atoms with Crippen LogP contribution in [0.2, 0.25) is 0 Å². The Bertz CT molecular complexity index is 929. The van der Waals surface area contributed by atoms with Gasteiger partial charge in [0.25, 0.3) is 0 Å². The first kappa shape index (κ1) is 25.2. The normalized spacial score (nSPS) is 16.0. The Labute approximate surface area is 201 Å². The summed E-state index contributed by atoms with van der Waals surface area (Å²) in [6, 6.07) is 9.92. The number of thiophene rings is 1. The number of benzene rings is 1. The maximum absolute atomic E-state index is 13.3. The zero-order chi connectivity index (χ0) is 24.0. The smallest absolute Gasteiger partial charge is 0.228 e. The van der Waals surface area contributed by atoms with E-state index in [9.17, 15) is 9.59 Å². The van der Waals surface area contributed by atoms with Crippen LogP contribution in [0.4, 0.5) is 11.4 Å². The van der Waals surface area contributed by atoms with Crippen LogP contribution in [0.15, 0.2) is 35.7 Å². The summed E-state index contributed by atoms with van der Waals surface area (Å²) in [6.07, 6.45) is 2.93. The van der Waals surface area contributed by atoms with E-state index >= 15 is 0 Å². The molecule has 1 aromatic heterocycles. The van der Waals surface area contributed by atoms with Crippen molar-refractivity contribution in [2.75, 3.05) is 37.5 Å². The van der Waals surface area contributed by atoms with Gasteiger partial charge in [-0.15, -0.1) is 11.3 Å². The number of hydrogen-bond donors (Lipinski definition) is 1. The van der Waals surface area contributed by atoms with Crippen LogP contribution in [0.3, 0.4) is 0 Å². The predicted octanol–water partition coefficient (Wildman–Crippen LogP) is 4.94. The molecule has 1 atom stereocenters. The van der Waals surface area contributed by atoms with Gasteiger partial charge in [-0.25, -0.2) is 0 Å². The topological polar surface area (TPSA) is 61.9 Å². The van der Waals surface area contributed by atoms with Crippen LogP contribution >= 0.6 is 11.3 Å². The van der Waals surface area contributed by atoms with Crippen molar-refractivity contribution in [1.82, 2.24) is 4.90 Å². The Morgan fingerprint density at radius 2 is 2.00 bits per heavy atom. The molecule has 2 heterocycles. The van der Waals surface area contributed by atoms with Crippen LogP contribution in [0.25, 0.3) is 0 Å². The molecule has 1 fully saturated rings. The third-order valence-electron chi connectivity index (χ3n) is 5.60. The lowest BCUT2D eigenvalue weighted by Gasteiger charge is -2.28. The number of carbonyl (C=O) groups excluding carboxylic acids is 2. The largest absolute Gasteiger partial charge is 0.377 e. The molecule has 3 rings (SSSR count). The van der Waals surface area contributed by atoms with Gasteiger partial charge >= 0.3 is 0 Å². The fourth-order valence-corrected chi connectivity index (χ4v) is 4.78. The molecule has 1 N–H and O–H groups in total. The maximum atomic E-state index is 13.3. The number of hydrogen-bond acceptors (Lipinski definition) is 5. The van der Waals surface area contributed by atoms with Crippen LogP contribution in [0, 0.1) is 5.41 Å². The molecule has 7 heteroatoms. The van der Waals surface area contributed by atoms with Gasteiger partial charge in [0.2, 0.25) is 11.8 Å². The summed E-state index contributed by atoms with van der Waals surface area (Å²) < 4.78 is 5.85. The van der Waals surface area contributed by atoms with Crippen LogP contribution in [-0.2, 0) is 27.3 Å². The van der Waals surface area contributed by atoms with Gasteiger partial charge in [-0.1, -0.05) is 26.8 Å². The van der Waals surface area contributed by atoms with Crippen molar-refractivity contribution in [2.24, 2.45) is 5.41 Å². The first-order chi connectivity index (χ1) is 15.6. The molecule has 33 heavy (non-hydrogen) atoms. The van der Waals surface area contributed by atoms with Gasteiger partial charge in [0.1, 0.15) is 0 Å². The van der Waals surface area contributed by atoms with Crippen molar-refractivity contribution in [3.63, 3.8) is 0 Å². The van der Waals surface area contributed by atoms with Crippen molar-refractivity contribution in [3.8, 4) is 0 Å². The van der Waals surface area contributed by atoms with Crippen LogP contribution < -0.4 is 10.2 Å². The minimum absolute atomic E-state index is 0.00367. The van der Waals surface area contributed by atoms with Crippen molar-refractivity contribution >= 4 is 34.5 Å². The predicted molar refractivity (Wildman–Crippen MR) is 136 cm³/mol. The third kappa shape index (κ3) is 7.86. The summed E-state index contributed by atoms with van der Waals surface area (Å²) in [6.45, 7) is 7.97. The minimum atomic E-state index is -0.0806. The molecule has 1 aromatic carbocycles. The molecule has 180 valence electrons. The molecule has 2 aromatic rings. The van der Waals surface area contributed by atoms with E-state index in [1.807, 2.05) is 59.6 Å². The third-order valence-corrected chi connectivity index (χ3v) is 6.48. The number of rotatable bonds is 9. The monoisotopic (exact) mass is 471 g/mol. The average molecular weight is 472 g/mol. The summed E-state index contributed by atoms with van der Waals surface area (Å²) in [5.74, 6) is 0.0934. The maximum Gasteiger partial charge on any atom is 0.228 e. The molecule has 2 amide bonds. The van der Waals surface area contributed by atoms with E-state index in [-0.39, 0.29) is 23.3 Å². The second kappa shape index (κ2) is 11.2. The molecule has 0 radical (unpaired) electrons. The number of ether oxygens (including phenoxy) is 1. The van der Waals surface area contributed by atoms with Crippen molar-refractivity contribution in [3.05, 3.63) is 46.2 Å². The first-order valence-electron chi connectivity index (χ1n) is 11.6. The standard InChI is InChI=1S/C26H37N3O3S/c1-26(2,3)16-24(30)27-20-10-11-23(28(4)5)19(14-20)17-29(18-21-8-6-12-32-21)25(31)15-22-9-7-13-33-22/h7,9-11,13-14,21H,6,8,12,15-18H2,1-5H3,(H,27,30)/t21-/m1/s1. The van der Waals surface area contributed by atoms with Crippen LogP contribution in [0.1, 0.15) is 50.5 Å². The van der Waals surface area contributed by atoms with Gasteiger partial charge in [-0.05, 0) is 53.5 Å². The Kier molecular flexibility index (Phi) is 8.54. The van der Waals surface area contributed by atoms with E-state index in [0.29, 0.717) is 25.9 Å². The second-order valence-electron chi connectivity index (χ2n) is 10.2. The SMILES string of the molecule is CN(C)c1ccc(NC(=O)CC(C)(C)C)cc1CN(C[C@H]1CCCO1)C(=O)Cc1cccs1. The molecular weight excluding hydrogens is 434 g/mol. The Morgan fingerprint density at radius 1 is 1.21 bits per heavy atom. The molecule has 1 saturated heterocycles. The lowest BCUT2D eigenvalue weighted by molar-refractivity contribution is -0.132. The number of nitrogens with zero attached hydrogens (tertiary/aromatic N) is 2. The van der Waals surface area contributed by atoms with E-state index in [4.69, 9.17) is 4.74 Å². The molecule has 0 aliphatic carbocycles. The number of amides is 2. The number of nitrogens with one attached hydrogen (secondary N) is 1. The van der Waals surface area contributed by atoms with Gasteiger partial charge < -0.3 is 19.9 Å². The fourth-order valence-electron chi connectivity index (χ4n) is 4.08. The summed E-state index contributed by atoms with van der Waals surface area (Å²) >= 11 is 1.60. The minimum Gasteiger partial charge on any atom is -0.377 e. The van der Waals surface area contributed by atoms with E-state index in [1.54, 1.807) is 11.3 Å². The van der Waals surface area contributed by atoms with Gasteiger partial charge in [0, 0.05) is 56.5 Å². The lowest BCUT2D eigenvalue weighted by atomic mass is 9.92. The zero-order valence-corrected chi connectivity index (χ0v) is 21.3. The number of carbonyl (C=O) groups is 2. The van der Waals surface area contributed by atoms with Gasteiger partial charge in [-0.3, -0.25) is 9.59 Å². The van der Waals surface area contributed by atoms with Crippen molar-refractivity contribution in [2.45, 2.75) is 59.1 Å². The molecule has 0 saturated carbocycles. The van der Waals surface area contributed by atoms with Gasteiger partial charge in [0.05, 0.1) is 12.5 Å². The lowest BCUT2D eigenvalue weighted by Crippen LogP contribution is -2.38. The molecule has 0 bridgehead atoms. The Hall–Kier alpha value is -2.38. The van der Waals surface area contributed by atoms with E-state index in [2.05, 4.69) is 26.1 Å². The second-order valence-corrected chi connectivity index (χ2v) is 11.2. The molecule has 6 nitrogen and oxygen atoms in total. The average Bonchev–Trinajstić information content (AvgIpc) is 3.40. The van der Waals surface area contributed by atoms with Crippen LogP contribution in [-0.4, -0.2) is 50.1 Å². The molecule has 0 unspecified atom stereocenters. The van der Waals surface area contributed by atoms with E-state index < -0.39 is 0 Å². The zero-order valence-electron chi connectivity index (χ0n) is 20.5. The fraction of sp³-hybridized carbons (Fsp3) is 0.538. The highest BCUT2D eigenvalue weighted by Crippen LogP contribution is 2.27. The summed E-state index contributed by atoms with van der Waals surface area (Å²) in [7, 11) is 3.99. The van der Waals surface area contributed by atoms with E-state index in [0.717, 1.165) is 41.3 Å². The highest BCUT2D eigenvalue weighted by Gasteiger charge is 2.24. The summed E-state index contributed by atoms with van der Waals surface area (Å²) in [5, 5.41) is 5.03. The Balaban J connectivity index is 1.82. The quantitative estimate of drug-likeness (QED) is 0.563. The van der Waals surface area contributed by atoms with E-state index in [1.165, 1.54) is 0 Å². The van der Waals surface area contributed by atoms with Crippen LogP contribution in [0.5, 0.6) is 0 Å². The molecular formula is C26H37N3O3S. The Morgan fingerprint density at radius 3 is 2.61 bits per heavy atom. The molecule has 0 spiro atoms. The molecule has 1 aliphatic heterocycles. The first-order valence-corrected chi connectivity index (χ1v) is 12.5. The highest BCUT2D eigenvalue weighted by atomic mass is 32.1. The van der Waals surface area contributed by atoms with Crippen molar-refractivity contribution < 1.29 is 14.3 Å².